The molecule has 0 spiro atoms. The average Bonchev–Trinajstić information content (AvgIpc) is 2.63. The summed E-state index contributed by atoms with van der Waals surface area (Å²) in [5.41, 5.74) is 1.24. The van der Waals surface area contributed by atoms with Crippen LogP contribution >= 0.6 is 11.6 Å². The molecule has 6 heteroatoms. The number of carbonyl (C=O) groups is 2. The number of hydrogen-bond acceptors (Lipinski definition) is 3. The molecular formula is C18H18ClN3O2. The number of hydrogen-bond donors (Lipinski definition) is 1. The van der Waals surface area contributed by atoms with Crippen molar-refractivity contribution in [3.8, 4) is 0 Å². The zero-order chi connectivity index (χ0) is 16.9. The number of pyridine rings is 1. The second-order valence-corrected chi connectivity index (χ2v) is 6.22. The zero-order valence-electron chi connectivity index (χ0n) is 13.1. The van der Waals surface area contributed by atoms with Crippen LogP contribution in [0.4, 0.5) is 0 Å². The first kappa shape index (κ1) is 16.5. The Labute approximate surface area is 145 Å². The number of piperidine rings is 1. The normalized spacial score (nSPS) is 15.1. The lowest BCUT2D eigenvalue weighted by Crippen LogP contribution is -2.46. The Bertz CT molecular complexity index is 711. The fourth-order valence-corrected chi connectivity index (χ4v) is 2.90. The molecule has 0 unspecified atom stereocenters. The van der Waals surface area contributed by atoms with Crippen molar-refractivity contribution in [2.45, 2.75) is 18.9 Å². The van der Waals surface area contributed by atoms with Crippen LogP contribution in [0.3, 0.4) is 0 Å². The molecular weight excluding hydrogens is 326 g/mol. The third kappa shape index (κ3) is 3.92. The summed E-state index contributed by atoms with van der Waals surface area (Å²) in [6.45, 7) is 1.26. The molecule has 1 saturated heterocycles. The van der Waals surface area contributed by atoms with Crippen molar-refractivity contribution in [2.24, 2.45) is 0 Å². The molecule has 2 aromatic rings. The van der Waals surface area contributed by atoms with Crippen molar-refractivity contribution in [3.05, 3.63) is 64.9 Å². The van der Waals surface area contributed by atoms with E-state index >= 15 is 0 Å². The molecule has 0 atom stereocenters. The number of nitrogens with one attached hydrogen (secondary N) is 1. The number of rotatable bonds is 3. The van der Waals surface area contributed by atoms with E-state index in [-0.39, 0.29) is 17.9 Å². The van der Waals surface area contributed by atoms with Gasteiger partial charge < -0.3 is 10.2 Å². The highest BCUT2D eigenvalue weighted by Gasteiger charge is 2.24. The van der Waals surface area contributed by atoms with Crippen molar-refractivity contribution in [3.63, 3.8) is 0 Å². The molecule has 0 aliphatic carbocycles. The maximum atomic E-state index is 12.4. The molecule has 1 N–H and O–H groups in total. The Hall–Kier alpha value is -2.40. The fraction of sp³-hybridized carbons (Fsp3) is 0.278. The lowest BCUT2D eigenvalue weighted by atomic mass is 10.0. The molecule has 0 radical (unpaired) electrons. The molecule has 1 fully saturated rings. The van der Waals surface area contributed by atoms with Crippen LogP contribution in [0, 0.1) is 0 Å². The van der Waals surface area contributed by atoms with E-state index in [2.05, 4.69) is 10.3 Å². The number of benzene rings is 1. The van der Waals surface area contributed by atoms with Crippen LogP contribution in [0.2, 0.25) is 5.02 Å². The van der Waals surface area contributed by atoms with Gasteiger partial charge in [0.05, 0.1) is 0 Å². The number of likely N-dealkylation sites (tertiary alicyclic amines) is 1. The summed E-state index contributed by atoms with van der Waals surface area (Å²) >= 11 is 5.85. The van der Waals surface area contributed by atoms with Gasteiger partial charge in [-0.05, 0) is 49.2 Å². The molecule has 1 aromatic heterocycles. The van der Waals surface area contributed by atoms with Gasteiger partial charge in [-0.15, -0.1) is 0 Å². The Morgan fingerprint density at radius 2 is 1.62 bits per heavy atom. The van der Waals surface area contributed by atoms with Crippen LogP contribution < -0.4 is 5.32 Å². The minimum absolute atomic E-state index is 0.00516. The monoisotopic (exact) mass is 343 g/mol. The number of amides is 2. The van der Waals surface area contributed by atoms with Crippen molar-refractivity contribution < 1.29 is 9.59 Å². The van der Waals surface area contributed by atoms with Crippen LogP contribution in [-0.4, -0.2) is 40.8 Å². The third-order valence-corrected chi connectivity index (χ3v) is 4.40. The van der Waals surface area contributed by atoms with Gasteiger partial charge in [-0.3, -0.25) is 14.6 Å². The van der Waals surface area contributed by atoms with Crippen molar-refractivity contribution in [2.75, 3.05) is 13.1 Å². The van der Waals surface area contributed by atoms with Crippen LogP contribution in [0.5, 0.6) is 0 Å². The number of aromatic nitrogens is 1. The summed E-state index contributed by atoms with van der Waals surface area (Å²) in [7, 11) is 0. The molecule has 1 aromatic carbocycles. The maximum Gasteiger partial charge on any atom is 0.253 e. The van der Waals surface area contributed by atoms with Gasteiger partial charge in [0.1, 0.15) is 0 Å². The van der Waals surface area contributed by atoms with Gasteiger partial charge in [-0.2, -0.15) is 0 Å². The first-order valence-electron chi connectivity index (χ1n) is 7.89. The van der Waals surface area contributed by atoms with E-state index in [9.17, 15) is 9.59 Å². The topological polar surface area (TPSA) is 62.3 Å². The van der Waals surface area contributed by atoms with Crippen LogP contribution in [-0.2, 0) is 0 Å². The van der Waals surface area contributed by atoms with Gasteiger partial charge in [-0.25, -0.2) is 0 Å². The van der Waals surface area contributed by atoms with E-state index in [1.54, 1.807) is 48.8 Å². The molecule has 3 rings (SSSR count). The van der Waals surface area contributed by atoms with Gasteiger partial charge in [0, 0.05) is 47.7 Å². The summed E-state index contributed by atoms with van der Waals surface area (Å²) in [5.74, 6) is -0.0922. The molecule has 1 aliphatic heterocycles. The Morgan fingerprint density at radius 1 is 1.00 bits per heavy atom. The summed E-state index contributed by atoms with van der Waals surface area (Å²) < 4.78 is 0. The highest BCUT2D eigenvalue weighted by atomic mass is 35.5. The van der Waals surface area contributed by atoms with Crippen molar-refractivity contribution >= 4 is 23.4 Å². The first-order valence-corrected chi connectivity index (χ1v) is 8.27. The lowest BCUT2D eigenvalue weighted by Gasteiger charge is -2.32. The van der Waals surface area contributed by atoms with E-state index < -0.39 is 0 Å². The summed E-state index contributed by atoms with van der Waals surface area (Å²) in [4.78, 5) is 30.3. The van der Waals surface area contributed by atoms with Gasteiger partial charge in [0.15, 0.2) is 0 Å². The van der Waals surface area contributed by atoms with Crippen LogP contribution in [0.15, 0.2) is 48.8 Å². The minimum atomic E-state index is -0.0973. The Kier molecular flexibility index (Phi) is 5.11. The number of nitrogens with zero attached hydrogens (tertiary/aromatic N) is 2. The second-order valence-electron chi connectivity index (χ2n) is 5.78. The fourth-order valence-electron chi connectivity index (χ4n) is 2.77. The second kappa shape index (κ2) is 7.45. The highest BCUT2D eigenvalue weighted by Crippen LogP contribution is 2.16. The molecule has 5 nitrogen and oxygen atoms in total. The average molecular weight is 344 g/mol. The van der Waals surface area contributed by atoms with Gasteiger partial charge in [-0.1, -0.05) is 11.6 Å². The first-order chi connectivity index (χ1) is 11.6. The molecule has 2 amide bonds. The van der Waals surface area contributed by atoms with E-state index in [4.69, 9.17) is 11.6 Å². The Morgan fingerprint density at radius 3 is 2.25 bits per heavy atom. The van der Waals surface area contributed by atoms with Gasteiger partial charge in [0.25, 0.3) is 11.8 Å². The lowest BCUT2D eigenvalue weighted by molar-refractivity contribution is 0.0698. The van der Waals surface area contributed by atoms with Crippen LogP contribution in [0.25, 0.3) is 0 Å². The van der Waals surface area contributed by atoms with E-state index in [0.29, 0.717) is 29.2 Å². The smallest absolute Gasteiger partial charge is 0.253 e. The standard InChI is InChI=1S/C18H18ClN3O2/c19-15-3-1-14(2-4-15)18(24)22-11-7-16(8-12-22)21-17(23)13-5-9-20-10-6-13/h1-6,9-10,16H,7-8,11-12H2,(H,21,23). The Balaban J connectivity index is 1.53. The van der Waals surface area contributed by atoms with E-state index in [1.807, 2.05) is 4.90 Å². The van der Waals surface area contributed by atoms with Crippen molar-refractivity contribution in [1.29, 1.82) is 0 Å². The molecule has 24 heavy (non-hydrogen) atoms. The molecule has 2 heterocycles. The third-order valence-electron chi connectivity index (χ3n) is 4.15. The predicted molar refractivity (Wildman–Crippen MR) is 92.1 cm³/mol. The SMILES string of the molecule is O=C(NC1CCN(C(=O)c2ccc(Cl)cc2)CC1)c1ccncc1. The largest absolute Gasteiger partial charge is 0.349 e. The molecule has 124 valence electrons. The minimum Gasteiger partial charge on any atom is -0.349 e. The predicted octanol–water partition coefficient (Wildman–Crippen LogP) is 2.77. The molecule has 1 aliphatic rings. The van der Waals surface area contributed by atoms with Crippen molar-refractivity contribution in [1.82, 2.24) is 15.2 Å². The summed E-state index contributed by atoms with van der Waals surface area (Å²) in [6.07, 6.45) is 4.69. The molecule has 0 saturated carbocycles. The number of carbonyl (C=O) groups excluding carboxylic acids is 2. The molecule has 0 bridgehead atoms. The summed E-state index contributed by atoms with van der Waals surface area (Å²) in [6, 6.07) is 10.4. The van der Waals surface area contributed by atoms with Gasteiger partial charge >= 0.3 is 0 Å². The number of halogens is 1. The quantitative estimate of drug-likeness (QED) is 0.932. The maximum absolute atomic E-state index is 12.4. The van der Waals surface area contributed by atoms with E-state index in [0.717, 1.165) is 12.8 Å². The van der Waals surface area contributed by atoms with E-state index in [1.165, 1.54) is 0 Å². The summed E-state index contributed by atoms with van der Waals surface area (Å²) in [5, 5.41) is 3.63. The van der Waals surface area contributed by atoms with Crippen LogP contribution in [0.1, 0.15) is 33.6 Å². The zero-order valence-corrected chi connectivity index (χ0v) is 13.9. The van der Waals surface area contributed by atoms with Gasteiger partial charge in [0.2, 0.25) is 0 Å². The highest BCUT2D eigenvalue weighted by molar-refractivity contribution is 6.30.